The van der Waals surface area contributed by atoms with E-state index >= 15 is 0 Å². The highest BCUT2D eigenvalue weighted by Gasteiger charge is 2.32. The number of carbonyl (C=O) groups is 2. The molecule has 2 amide bonds. The number of para-hydroxylation sites is 1. The minimum absolute atomic E-state index is 0. The van der Waals surface area contributed by atoms with Crippen LogP contribution in [0.4, 0.5) is 0 Å². The molecule has 0 spiro atoms. The van der Waals surface area contributed by atoms with Crippen molar-refractivity contribution in [1.29, 1.82) is 0 Å². The maximum absolute atomic E-state index is 12.8. The lowest BCUT2D eigenvalue weighted by Crippen LogP contribution is -2.39. The average Bonchev–Trinajstić information content (AvgIpc) is 2.84. The number of hydrogen-bond donors (Lipinski definition) is 2. The third kappa shape index (κ3) is 4.14. The molecule has 2 fully saturated rings. The van der Waals surface area contributed by atoms with Crippen molar-refractivity contribution < 1.29 is 14.3 Å². The average molecular weight is 340 g/mol. The molecular weight excluding hydrogens is 318 g/mol. The van der Waals surface area contributed by atoms with Crippen LogP contribution >= 0.6 is 12.4 Å². The molecule has 6 nitrogen and oxygen atoms in total. The number of nitrogens with zero attached hydrogens (tertiary/aromatic N) is 1. The Balaban J connectivity index is 0.00000192. The largest absolute Gasteiger partial charge is 0.483 e. The first-order valence-corrected chi connectivity index (χ1v) is 7.69. The van der Waals surface area contributed by atoms with E-state index in [9.17, 15) is 9.59 Å². The summed E-state index contributed by atoms with van der Waals surface area (Å²) >= 11 is 0. The van der Waals surface area contributed by atoms with Gasteiger partial charge in [-0.05, 0) is 31.4 Å². The number of fused-ring (bicyclic) bond motifs is 2. The Hall–Kier alpha value is -1.79. The summed E-state index contributed by atoms with van der Waals surface area (Å²) in [6.45, 7) is 1.24. The first-order chi connectivity index (χ1) is 10.6. The number of likely N-dealkylation sites (tertiary alicyclic amines) is 1. The predicted molar refractivity (Wildman–Crippen MR) is 88.8 cm³/mol. The van der Waals surface area contributed by atoms with Crippen molar-refractivity contribution in [2.75, 3.05) is 19.7 Å². The standard InChI is InChI=1S/C16H21N3O3.ClH/c17-15(20)10-22-14-4-2-1-3-13(14)16(21)19-8-7-11-5-6-12(9-19)18-11;/h1-4,11-12,18H,5-10H2,(H2,17,20);1H. The molecule has 0 aromatic heterocycles. The van der Waals surface area contributed by atoms with Crippen molar-refractivity contribution in [3.63, 3.8) is 0 Å². The van der Waals surface area contributed by atoms with E-state index in [1.54, 1.807) is 24.3 Å². The molecule has 3 N–H and O–H groups in total. The van der Waals surface area contributed by atoms with E-state index in [0.717, 1.165) is 25.9 Å². The number of ether oxygens (including phenoxy) is 1. The van der Waals surface area contributed by atoms with Gasteiger partial charge in [0.2, 0.25) is 0 Å². The Morgan fingerprint density at radius 3 is 2.74 bits per heavy atom. The topological polar surface area (TPSA) is 84.7 Å². The van der Waals surface area contributed by atoms with Gasteiger partial charge in [-0.2, -0.15) is 0 Å². The third-order valence-electron chi connectivity index (χ3n) is 4.30. The first-order valence-electron chi connectivity index (χ1n) is 7.69. The van der Waals surface area contributed by atoms with E-state index in [-0.39, 0.29) is 24.9 Å². The Morgan fingerprint density at radius 1 is 1.22 bits per heavy atom. The number of rotatable bonds is 4. The lowest BCUT2D eigenvalue weighted by atomic mass is 10.1. The van der Waals surface area contributed by atoms with Gasteiger partial charge in [0.15, 0.2) is 6.61 Å². The molecule has 7 heteroatoms. The van der Waals surface area contributed by atoms with Gasteiger partial charge >= 0.3 is 0 Å². The van der Waals surface area contributed by atoms with Gasteiger partial charge in [-0.1, -0.05) is 12.1 Å². The van der Waals surface area contributed by atoms with Gasteiger partial charge in [0.05, 0.1) is 5.56 Å². The summed E-state index contributed by atoms with van der Waals surface area (Å²) in [4.78, 5) is 25.6. The summed E-state index contributed by atoms with van der Waals surface area (Å²) in [5, 5.41) is 3.56. The van der Waals surface area contributed by atoms with Gasteiger partial charge in [-0.15, -0.1) is 12.4 Å². The van der Waals surface area contributed by atoms with Crippen LogP contribution in [0.2, 0.25) is 0 Å². The summed E-state index contributed by atoms with van der Waals surface area (Å²) in [7, 11) is 0. The fourth-order valence-corrected chi connectivity index (χ4v) is 3.22. The zero-order chi connectivity index (χ0) is 15.5. The van der Waals surface area contributed by atoms with Gasteiger partial charge < -0.3 is 20.7 Å². The zero-order valence-corrected chi connectivity index (χ0v) is 13.7. The van der Waals surface area contributed by atoms with Gasteiger partial charge in [0.25, 0.3) is 11.8 Å². The minimum Gasteiger partial charge on any atom is -0.483 e. The Morgan fingerprint density at radius 2 is 1.96 bits per heavy atom. The number of nitrogens with two attached hydrogens (primary N) is 1. The molecule has 2 aliphatic rings. The maximum Gasteiger partial charge on any atom is 0.257 e. The third-order valence-corrected chi connectivity index (χ3v) is 4.30. The second-order valence-electron chi connectivity index (χ2n) is 5.93. The molecule has 3 rings (SSSR count). The molecule has 2 bridgehead atoms. The fraction of sp³-hybridized carbons (Fsp3) is 0.500. The second-order valence-corrected chi connectivity index (χ2v) is 5.93. The highest BCUT2D eigenvalue weighted by molar-refractivity contribution is 5.97. The lowest BCUT2D eigenvalue weighted by Gasteiger charge is -2.25. The Labute approximate surface area is 141 Å². The summed E-state index contributed by atoms with van der Waals surface area (Å²) in [6.07, 6.45) is 3.30. The Kier molecular flexibility index (Phi) is 5.85. The molecule has 2 heterocycles. The summed E-state index contributed by atoms with van der Waals surface area (Å²) in [5.41, 5.74) is 5.59. The molecule has 0 saturated carbocycles. The molecule has 2 atom stereocenters. The van der Waals surface area contributed by atoms with Gasteiger partial charge in [-0.3, -0.25) is 9.59 Å². The van der Waals surface area contributed by atoms with Crippen LogP contribution in [0.15, 0.2) is 24.3 Å². The molecule has 126 valence electrons. The van der Waals surface area contributed by atoms with E-state index in [1.165, 1.54) is 6.42 Å². The van der Waals surface area contributed by atoms with E-state index in [2.05, 4.69) is 5.32 Å². The quantitative estimate of drug-likeness (QED) is 0.855. The van der Waals surface area contributed by atoms with Gasteiger partial charge in [0, 0.05) is 25.2 Å². The number of nitrogens with one attached hydrogen (secondary N) is 1. The molecule has 2 aliphatic heterocycles. The Bertz CT molecular complexity index is 581. The van der Waals surface area contributed by atoms with E-state index in [0.29, 0.717) is 23.4 Å². The van der Waals surface area contributed by atoms with Crippen molar-refractivity contribution in [2.45, 2.75) is 31.3 Å². The normalized spacial score (nSPS) is 22.9. The lowest BCUT2D eigenvalue weighted by molar-refractivity contribution is -0.119. The molecule has 2 unspecified atom stereocenters. The molecule has 1 aromatic carbocycles. The number of amides is 2. The highest BCUT2D eigenvalue weighted by Crippen LogP contribution is 2.24. The maximum atomic E-state index is 12.8. The highest BCUT2D eigenvalue weighted by atomic mass is 35.5. The van der Waals surface area contributed by atoms with Crippen LogP contribution in [-0.2, 0) is 4.79 Å². The van der Waals surface area contributed by atoms with Crippen molar-refractivity contribution in [2.24, 2.45) is 5.73 Å². The van der Waals surface area contributed by atoms with Gasteiger partial charge in [-0.25, -0.2) is 0 Å². The first kappa shape index (κ1) is 17.6. The summed E-state index contributed by atoms with van der Waals surface area (Å²) in [5.74, 6) is -0.193. The monoisotopic (exact) mass is 339 g/mol. The summed E-state index contributed by atoms with van der Waals surface area (Å²) < 4.78 is 5.37. The molecule has 1 aromatic rings. The summed E-state index contributed by atoms with van der Waals surface area (Å²) in [6, 6.07) is 7.92. The van der Waals surface area contributed by atoms with Crippen molar-refractivity contribution in [3.05, 3.63) is 29.8 Å². The van der Waals surface area contributed by atoms with Crippen LogP contribution < -0.4 is 15.8 Å². The smallest absolute Gasteiger partial charge is 0.257 e. The molecular formula is C16H22ClN3O3. The number of hydrogen-bond acceptors (Lipinski definition) is 4. The van der Waals surface area contributed by atoms with E-state index in [1.807, 2.05) is 4.90 Å². The van der Waals surface area contributed by atoms with Crippen LogP contribution in [0.5, 0.6) is 5.75 Å². The molecule has 0 radical (unpaired) electrons. The van der Waals surface area contributed by atoms with Crippen molar-refractivity contribution in [1.82, 2.24) is 10.2 Å². The zero-order valence-electron chi connectivity index (χ0n) is 12.9. The van der Waals surface area contributed by atoms with E-state index in [4.69, 9.17) is 10.5 Å². The van der Waals surface area contributed by atoms with Crippen molar-refractivity contribution >= 4 is 24.2 Å². The fourth-order valence-electron chi connectivity index (χ4n) is 3.22. The number of primary amides is 1. The molecule has 23 heavy (non-hydrogen) atoms. The number of halogens is 1. The van der Waals surface area contributed by atoms with Crippen LogP contribution in [-0.4, -0.2) is 48.5 Å². The van der Waals surface area contributed by atoms with Crippen LogP contribution in [0, 0.1) is 0 Å². The molecule has 2 saturated heterocycles. The van der Waals surface area contributed by atoms with E-state index < -0.39 is 5.91 Å². The van der Waals surface area contributed by atoms with Crippen LogP contribution in [0.3, 0.4) is 0 Å². The minimum atomic E-state index is -0.557. The molecule has 0 aliphatic carbocycles. The SMILES string of the molecule is Cl.NC(=O)COc1ccccc1C(=O)N1CCC2CCC(C1)N2. The number of carbonyl (C=O) groups excluding carboxylic acids is 2. The number of benzene rings is 1. The van der Waals surface area contributed by atoms with Gasteiger partial charge in [0.1, 0.15) is 5.75 Å². The predicted octanol–water partition coefficient (Wildman–Crippen LogP) is 0.939. The second kappa shape index (κ2) is 7.66. The van der Waals surface area contributed by atoms with Crippen molar-refractivity contribution in [3.8, 4) is 5.75 Å². The van der Waals surface area contributed by atoms with Crippen LogP contribution in [0.1, 0.15) is 29.6 Å². The van der Waals surface area contributed by atoms with Crippen LogP contribution in [0.25, 0.3) is 0 Å².